The Hall–Kier alpha value is -3.26. The highest BCUT2D eigenvalue weighted by Gasteiger charge is 2.27. The first kappa shape index (κ1) is 16.0. The van der Waals surface area contributed by atoms with Gasteiger partial charge in [0.25, 0.3) is 0 Å². The van der Waals surface area contributed by atoms with Crippen molar-refractivity contribution in [3.05, 3.63) is 114 Å². The zero-order valence-corrected chi connectivity index (χ0v) is 15.2. The molecule has 2 heterocycles. The largest absolute Gasteiger partial charge is 0.364 e. The van der Waals surface area contributed by atoms with E-state index in [2.05, 4.69) is 107 Å². The number of nitrogens with one attached hydrogen (secondary N) is 1. The van der Waals surface area contributed by atoms with Crippen LogP contribution < -0.4 is 0 Å². The van der Waals surface area contributed by atoms with Crippen LogP contribution in [0.1, 0.15) is 28.4 Å². The van der Waals surface area contributed by atoms with Crippen molar-refractivity contribution in [1.82, 2.24) is 9.88 Å². The molecule has 0 saturated carbocycles. The molecule has 0 saturated heterocycles. The van der Waals surface area contributed by atoms with Gasteiger partial charge in [-0.2, -0.15) is 0 Å². The summed E-state index contributed by atoms with van der Waals surface area (Å²) in [5.74, 6) is 0. The highest BCUT2D eigenvalue weighted by atomic mass is 15.2. The van der Waals surface area contributed by atoms with Gasteiger partial charge in [0.05, 0.1) is 6.04 Å². The first-order valence-corrected chi connectivity index (χ1v) is 9.51. The zero-order chi connectivity index (χ0) is 18.1. The van der Waals surface area contributed by atoms with Crippen molar-refractivity contribution in [3.63, 3.8) is 0 Å². The van der Waals surface area contributed by atoms with Gasteiger partial charge in [0.1, 0.15) is 0 Å². The van der Waals surface area contributed by atoms with Crippen LogP contribution in [0.15, 0.2) is 91.1 Å². The third-order valence-corrected chi connectivity index (χ3v) is 5.42. The molecule has 2 heteroatoms. The van der Waals surface area contributed by atoms with E-state index in [0.29, 0.717) is 6.04 Å². The number of nitrogens with zero attached hydrogens (tertiary/aromatic N) is 1. The molecule has 0 fully saturated rings. The Morgan fingerprint density at radius 1 is 0.741 bits per heavy atom. The average molecular weight is 350 g/mol. The van der Waals surface area contributed by atoms with Gasteiger partial charge in [-0.25, -0.2) is 0 Å². The van der Waals surface area contributed by atoms with Gasteiger partial charge in [0, 0.05) is 34.9 Å². The van der Waals surface area contributed by atoms with E-state index in [0.717, 1.165) is 13.0 Å². The molecule has 5 rings (SSSR count). The molecule has 0 amide bonds. The molecule has 1 unspecified atom stereocenters. The lowest BCUT2D eigenvalue weighted by Crippen LogP contribution is -2.28. The van der Waals surface area contributed by atoms with Crippen molar-refractivity contribution in [2.24, 2.45) is 0 Å². The first-order valence-electron chi connectivity index (χ1n) is 9.51. The fourth-order valence-corrected chi connectivity index (χ4v) is 4.08. The van der Waals surface area contributed by atoms with E-state index in [4.69, 9.17) is 0 Å². The molecule has 3 aromatic carbocycles. The Morgan fingerprint density at radius 3 is 2.19 bits per heavy atom. The maximum Gasteiger partial charge on any atom is 0.0736 e. The van der Waals surface area contributed by atoms with E-state index >= 15 is 0 Å². The van der Waals surface area contributed by atoms with E-state index in [1.165, 1.54) is 33.3 Å². The van der Waals surface area contributed by atoms with Gasteiger partial charge in [-0.1, -0.05) is 78.9 Å². The van der Waals surface area contributed by atoms with Crippen LogP contribution in [0, 0.1) is 0 Å². The smallest absolute Gasteiger partial charge is 0.0736 e. The van der Waals surface area contributed by atoms with Crippen LogP contribution >= 0.6 is 0 Å². The molecular weight excluding hydrogens is 328 g/mol. The van der Waals surface area contributed by atoms with Crippen LogP contribution in [0.3, 0.4) is 0 Å². The normalized spacial score (nSPS) is 15.9. The van der Waals surface area contributed by atoms with Crippen LogP contribution in [-0.2, 0) is 13.0 Å². The lowest BCUT2D eigenvalue weighted by atomic mass is 9.95. The van der Waals surface area contributed by atoms with Gasteiger partial charge in [0.15, 0.2) is 0 Å². The molecule has 0 spiro atoms. The topological polar surface area (TPSA) is 19.0 Å². The van der Waals surface area contributed by atoms with E-state index in [-0.39, 0.29) is 0 Å². The molecule has 27 heavy (non-hydrogen) atoms. The maximum atomic E-state index is 3.71. The zero-order valence-electron chi connectivity index (χ0n) is 15.2. The number of para-hydroxylation sites is 1. The van der Waals surface area contributed by atoms with Crippen molar-refractivity contribution in [2.45, 2.75) is 19.0 Å². The van der Waals surface area contributed by atoms with Crippen molar-refractivity contribution >= 4 is 17.0 Å². The summed E-state index contributed by atoms with van der Waals surface area (Å²) >= 11 is 0. The number of H-pyrrole nitrogens is 1. The summed E-state index contributed by atoms with van der Waals surface area (Å²) in [6.45, 7) is 0.906. The standard InChI is InChI=1S/C25H22N2/c1-3-9-19(10-4-1)17-24-25-22(21-13-7-8-14-23(21)26-25)15-16-27(24)18-20-11-5-2-6-12-20/h1-16,24,26H,17-18H2. The monoisotopic (exact) mass is 350 g/mol. The molecule has 0 radical (unpaired) electrons. The van der Waals surface area contributed by atoms with Crippen LogP contribution in [-0.4, -0.2) is 9.88 Å². The van der Waals surface area contributed by atoms with Crippen molar-refractivity contribution in [2.75, 3.05) is 0 Å². The van der Waals surface area contributed by atoms with Gasteiger partial charge in [0.2, 0.25) is 0 Å². The van der Waals surface area contributed by atoms with Crippen LogP contribution in [0.5, 0.6) is 0 Å². The molecule has 132 valence electrons. The summed E-state index contributed by atoms with van der Waals surface area (Å²) in [6, 6.07) is 30.4. The second-order valence-electron chi connectivity index (χ2n) is 7.18. The maximum absolute atomic E-state index is 3.71. The fraction of sp³-hybridized carbons (Fsp3) is 0.120. The SMILES string of the molecule is C1=CN(Cc2ccccc2)C(Cc2ccccc2)c2[nH]c3ccccc3c21. The Morgan fingerprint density at radius 2 is 1.41 bits per heavy atom. The van der Waals surface area contributed by atoms with E-state index < -0.39 is 0 Å². The van der Waals surface area contributed by atoms with Crippen molar-refractivity contribution in [1.29, 1.82) is 0 Å². The minimum absolute atomic E-state index is 0.292. The molecule has 0 aliphatic carbocycles. The van der Waals surface area contributed by atoms with Gasteiger partial charge in [-0.3, -0.25) is 0 Å². The molecule has 1 atom stereocenters. The summed E-state index contributed by atoms with van der Waals surface area (Å²) in [6.07, 6.45) is 5.51. The fourth-order valence-electron chi connectivity index (χ4n) is 4.08. The van der Waals surface area contributed by atoms with Crippen LogP contribution in [0.25, 0.3) is 17.0 Å². The Kier molecular flexibility index (Phi) is 4.02. The third-order valence-electron chi connectivity index (χ3n) is 5.42. The molecule has 1 aliphatic rings. The van der Waals surface area contributed by atoms with Gasteiger partial charge in [-0.15, -0.1) is 0 Å². The van der Waals surface area contributed by atoms with Gasteiger partial charge in [-0.05, 0) is 29.7 Å². The summed E-state index contributed by atoms with van der Waals surface area (Å²) in [4.78, 5) is 6.17. The van der Waals surface area contributed by atoms with Gasteiger partial charge < -0.3 is 9.88 Å². The van der Waals surface area contributed by atoms with Crippen LogP contribution in [0.4, 0.5) is 0 Å². The lowest BCUT2D eigenvalue weighted by molar-refractivity contribution is 0.263. The van der Waals surface area contributed by atoms with Crippen molar-refractivity contribution < 1.29 is 0 Å². The highest BCUT2D eigenvalue weighted by Crippen LogP contribution is 2.37. The second kappa shape index (κ2) is 6.81. The summed E-state index contributed by atoms with van der Waals surface area (Å²) < 4.78 is 0. The van der Waals surface area contributed by atoms with Crippen molar-refractivity contribution in [3.8, 4) is 0 Å². The predicted molar refractivity (Wildman–Crippen MR) is 112 cm³/mol. The molecule has 0 bridgehead atoms. The third kappa shape index (κ3) is 3.04. The minimum Gasteiger partial charge on any atom is -0.364 e. The molecule has 4 aromatic rings. The van der Waals surface area contributed by atoms with E-state index in [1.54, 1.807) is 0 Å². The minimum atomic E-state index is 0.292. The number of rotatable bonds is 4. The Labute approximate surface area is 159 Å². The molecular formula is C25H22N2. The molecule has 1 aliphatic heterocycles. The summed E-state index contributed by atoms with van der Waals surface area (Å²) in [7, 11) is 0. The molecule has 2 nitrogen and oxygen atoms in total. The average Bonchev–Trinajstić information content (AvgIpc) is 3.10. The summed E-state index contributed by atoms with van der Waals surface area (Å²) in [5, 5.41) is 1.31. The molecule has 1 aromatic heterocycles. The quantitative estimate of drug-likeness (QED) is 0.483. The number of hydrogen-bond donors (Lipinski definition) is 1. The highest BCUT2D eigenvalue weighted by molar-refractivity contribution is 5.91. The number of aromatic amines is 1. The second-order valence-corrected chi connectivity index (χ2v) is 7.18. The number of aromatic nitrogens is 1. The first-order chi connectivity index (χ1) is 13.4. The lowest BCUT2D eigenvalue weighted by Gasteiger charge is -2.34. The summed E-state index contributed by atoms with van der Waals surface area (Å²) in [5.41, 5.74) is 6.56. The van der Waals surface area contributed by atoms with Crippen LogP contribution in [0.2, 0.25) is 0 Å². The number of fused-ring (bicyclic) bond motifs is 3. The Balaban J connectivity index is 1.57. The van der Waals surface area contributed by atoms with Gasteiger partial charge >= 0.3 is 0 Å². The number of benzene rings is 3. The van der Waals surface area contributed by atoms with E-state index in [1.807, 2.05) is 0 Å². The predicted octanol–water partition coefficient (Wildman–Crippen LogP) is 5.94. The van der Waals surface area contributed by atoms with E-state index in [9.17, 15) is 0 Å². The Bertz CT molecular complexity index is 1080. The number of hydrogen-bond acceptors (Lipinski definition) is 1. The molecule has 1 N–H and O–H groups in total.